The Morgan fingerprint density at radius 2 is 1.77 bits per heavy atom. The second-order valence-corrected chi connectivity index (χ2v) is 3.63. The summed E-state index contributed by atoms with van der Waals surface area (Å²) in [7, 11) is 0. The van der Waals surface area contributed by atoms with Crippen LogP contribution in [-0.2, 0) is 0 Å². The first-order chi connectivity index (χ1) is 6.36. The number of hydrogen-bond acceptors (Lipinski definition) is 3. The van der Waals surface area contributed by atoms with E-state index in [1.165, 1.54) is 19.4 Å². The Balaban J connectivity index is 2.12. The fourth-order valence-corrected chi connectivity index (χ4v) is 1.65. The van der Waals surface area contributed by atoms with Gasteiger partial charge in [-0.25, -0.2) is 0 Å². The van der Waals surface area contributed by atoms with Crippen LogP contribution in [0.1, 0.15) is 19.8 Å². The summed E-state index contributed by atoms with van der Waals surface area (Å²) in [6, 6.07) is 2.20. The minimum Gasteiger partial charge on any atom is -0.301 e. The summed E-state index contributed by atoms with van der Waals surface area (Å²) in [6.45, 7) is 8.47. The van der Waals surface area contributed by atoms with E-state index in [1.54, 1.807) is 0 Å². The van der Waals surface area contributed by atoms with Crippen molar-refractivity contribution in [1.82, 2.24) is 9.80 Å². The van der Waals surface area contributed by atoms with Gasteiger partial charge in [0, 0.05) is 26.2 Å². The van der Waals surface area contributed by atoms with Gasteiger partial charge in [-0.2, -0.15) is 5.26 Å². The molecule has 0 spiro atoms. The Morgan fingerprint density at radius 1 is 1.15 bits per heavy atom. The largest absolute Gasteiger partial charge is 0.301 e. The highest BCUT2D eigenvalue weighted by atomic mass is 15.3. The predicted molar refractivity (Wildman–Crippen MR) is 53.4 cm³/mol. The lowest BCUT2D eigenvalue weighted by Crippen LogP contribution is -2.46. The van der Waals surface area contributed by atoms with Crippen molar-refractivity contribution in [1.29, 1.82) is 5.26 Å². The molecule has 13 heavy (non-hydrogen) atoms. The molecule has 0 aliphatic carbocycles. The van der Waals surface area contributed by atoms with Crippen LogP contribution in [0.15, 0.2) is 0 Å². The van der Waals surface area contributed by atoms with E-state index < -0.39 is 0 Å². The maximum atomic E-state index is 8.52. The fraction of sp³-hybridized carbons (Fsp3) is 0.900. The first-order valence-electron chi connectivity index (χ1n) is 5.18. The van der Waals surface area contributed by atoms with Crippen LogP contribution in [0.3, 0.4) is 0 Å². The van der Waals surface area contributed by atoms with Gasteiger partial charge in [-0.15, -0.1) is 0 Å². The van der Waals surface area contributed by atoms with E-state index in [4.69, 9.17) is 5.26 Å². The van der Waals surface area contributed by atoms with Gasteiger partial charge in [-0.1, -0.05) is 13.3 Å². The maximum absolute atomic E-state index is 8.52. The standard InChI is InChI=1S/C10H19N3/c1-2-3-5-12-7-9-13(6-4-11)10-8-12/h2-3,5-10H2,1H3. The van der Waals surface area contributed by atoms with E-state index in [0.29, 0.717) is 6.54 Å². The summed E-state index contributed by atoms with van der Waals surface area (Å²) in [5.74, 6) is 0. The van der Waals surface area contributed by atoms with Gasteiger partial charge in [0.05, 0.1) is 12.6 Å². The van der Waals surface area contributed by atoms with Crippen molar-refractivity contribution >= 4 is 0 Å². The number of piperazine rings is 1. The normalized spacial score (nSPS) is 20.0. The molecule has 0 aromatic rings. The van der Waals surface area contributed by atoms with Crippen LogP contribution in [0, 0.1) is 11.3 Å². The van der Waals surface area contributed by atoms with Crippen molar-refractivity contribution in [3.63, 3.8) is 0 Å². The Kier molecular flexibility index (Phi) is 4.81. The van der Waals surface area contributed by atoms with Crippen molar-refractivity contribution in [3.8, 4) is 6.07 Å². The Hall–Kier alpha value is -0.590. The highest BCUT2D eigenvalue weighted by Crippen LogP contribution is 2.02. The number of nitriles is 1. The fourth-order valence-electron chi connectivity index (χ4n) is 1.65. The molecule has 1 heterocycles. The van der Waals surface area contributed by atoms with Crippen LogP contribution in [0.4, 0.5) is 0 Å². The number of rotatable bonds is 4. The molecular formula is C10H19N3. The zero-order valence-corrected chi connectivity index (χ0v) is 8.50. The van der Waals surface area contributed by atoms with Crippen molar-refractivity contribution in [2.24, 2.45) is 0 Å². The quantitative estimate of drug-likeness (QED) is 0.604. The topological polar surface area (TPSA) is 30.3 Å². The van der Waals surface area contributed by atoms with Gasteiger partial charge >= 0.3 is 0 Å². The first kappa shape index (κ1) is 10.5. The lowest BCUT2D eigenvalue weighted by molar-refractivity contribution is 0.142. The van der Waals surface area contributed by atoms with Crippen molar-refractivity contribution < 1.29 is 0 Å². The lowest BCUT2D eigenvalue weighted by Gasteiger charge is -2.33. The average molecular weight is 181 g/mol. The van der Waals surface area contributed by atoms with E-state index in [1.807, 2.05) is 0 Å². The van der Waals surface area contributed by atoms with Crippen LogP contribution in [0.5, 0.6) is 0 Å². The third-order valence-electron chi connectivity index (χ3n) is 2.59. The van der Waals surface area contributed by atoms with Crippen LogP contribution in [-0.4, -0.2) is 49.1 Å². The van der Waals surface area contributed by atoms with Crippen molar-refractivity contribution in [2.45, 2.75) is 19.8 Å². The molecule has 1 aliphatic heterocycles. The van der Waals surface area contributed by atoms with Gasteiger partial charge in [0.15, 0.2) is 0 Å². The molecule has 0 N–H and O–H groups in total. The molecule has 74 valence electrons. The van der Waals surface area contributed by atoms with Crippen molar-refractivity contribution in [3.05, 3.63) is 0 Å². The van der Waals surface area contributed by atoms with E-state index >= 15 is 0 Å². The molecule has 1 fully saturated rings. The molecule has 0 aromatic heterocycles. The number of nitrogens with zero attached hydrogens (tertiary/aromatic N) is 3. The van der Waals surface area contributed by atoms with Crippen molar-refractivity contribution in [2.75, 3.05) is 39.3 Å². The highest BCUT2D eigenvalue weighted by molar-refractivity contribution is 4.80. The van der Waals surface area contributed by atoms with Crippen LogP contribution >= 0.6 is 0 Å². The molecule has 0 unspecified atom stereocenters. The predicted octanol–water partition coefficient (Wildman–Crippen LogP) is 0.928. The molecule has 1 saturated heterocycles. The molecule has 3 heteroatoms. The number of unbranched alkanes of at least 4 members (excludes halogenated alkanes) is 1. The second-order valence-electron chi connectivity index (χ2n) is 3.63. The van der Waals surface area contributed by atoms with Gasteiger partial charge in [0.2, 0.25) is 0 Å². The Morgan fingerprint density at radius 3 is 2.31 bits per heavy atom. The van der Waals surface area contributed by atoms with E-state index in [9.17, 15) is 0 Å². The minimum absolute atomic E-state index is 0.599. The second kappa shape index (κ2) is 5.95. The number of hydrogen-bond donors (Lipinski definition) is 0. The highest BCUT2D eigenvalue weighted by Gasteiger charge is 2.14. The molecule has 3 nitrogen and oxygen atoms in total. The molecule has 0 atom stereocenters. The van der Waals surface area contributed by atoms with E-state index in [2.05, 4.69) is 22.8 Å². The smallest absolute Gasteiger partial charge is 0.0866 e. The monoisotopic (exact) mass is 181 g/mol. The zero-order chi connectivity index (χ0) is 9.52. The Bertz CT molecular complexity index is 165. The summed E-state index contributed by atoms with van der Waals surface area (Å²) in [5, 5.41) is 8.52. The molecule has 0 saturated carbocycles. The summed E-state index contributed by atoms with van der Waals surface area (Å²) in [6.07, 6.45) is 2.58. The molecule has 1 rings (SSSR count). The third-order valence-corrected chi connectivity index (χ3v) is 2.59. The van der Waals surface area contributed by atoms with Gasteiger partial charge in [-0.3, -0.25) is 4.90 Å². The van der Waals surface area contributed by atoms with Gasteiger partial charge in [-0.05, 0) is 13.0 Å². The molecule has 0 radical (unpaired) electrons. The van der Waals surface area contributed by atoms with Gasteiger partial charge in [0.25, 0.3) is 0 Å². The van der Waals surface area contributed by atoms with E-state index in [0.717, 1.165) is 26.2 Å². The molecule has 0 amide bonds. The van der Waals surface area contributed by atoms with Gasteiger partial charge < -0.3 is 4.90 Å². The molecular weight excluding hydrogens is 162 g/mol. The zero-order valence-electron chi connectivity index (χ0n) is 8.50. The molecule has 0 bridgehead atoms. The maximum Gasteiger partial charge on any atom is 0.0866 e. The minimum atomic E-state index is 0.599. The van der Waals surface area contributed by atoms with Crippen LogP contribution < -0.4 is 0 Å². The van der Waals surface area contributed by atoms with E-state index in [-0.39, 0.29) is 0 Å². The summed E-state index contributed by atoms with van der Waals surface area (Å²) in [4.78, 5) is 4.72. The first-order valence-corrected chi connectivity index (χ1v) is 5.18. The summed E-state index contributed by atoms with van der Waals surface area (Å²) in [5.41, 5.74) is 0. The third kappa shape index (κ3) is 3.75. The average Bonchev–Trinajstić information content (AvgIpc) is 2.17. The molecule has 0 aromatic carbocycles. The van der Waals surface area contributed by atoms with Gasteiger partial charge in [0.1, 0.15) is 0 Å². The lowest BCUT2D eigenvalue weighted by atomic mass is 10.2. The van der Waals surface area contributed by atoms with Crippen LogP contribution in [0.25, 0.3) is 0 Å². The summed E-state index contributed by atoms with van der Waals surface area (Å²) >= 11 is 0. The van der Waals surface area contributed by atoms with Crippen LogP contribution in [0.2, 0.25) is 0 Å². The molecule has 1 aliphatic rings. The SMILES string of the molecule is CCCCN1CCN(CC#N)CC1. The Labute approximate surface area is 80.9 Å². The summed E-state index contributed by atoms with van der Waals surface area (Å²) < 4.78 is 0.